The first-order valence-corrected chi connectivity index (χ1v) is 8.20. The van der Waals surface area contributed by atoms with Gasteiger partial charge in [-0.25, -0.2) is 9.97 Å². The average molecular weight is 341 g/mol. The highest BCUT2D eigenvalue weighted by Gasteiger charge is 2.13. The van der Waals surface area contributed by atoms with Gasteiger partial charge in [-0.2, -0.15) is 5.10 Å². The fraction of sp³-hybridized carbons (Fsp3) is 0.188. The number of rotatable bonds is 5. The van der Waals surface area contributed by atoms with Gasteiger partial charge < -0.3 is 5.32 Å². The summed E-state index contributed by atoms with van der Waals surface area (Å²) < 4.78 is 1.66. The second-order valence-corrected chi connectivity index (χ2v) is 6.09. The molecule has 122 valence electrons. The highest BCUT2D eigenvalue weighted by Crippen LogP contribution is 2.24. The number of aryl methyl sites for hydroxylation is 1. The molecule has 1 amide bonds. The van der Waals surface area contributed by atoms with Gasteiger partial charge in [0, 0.05) is 12.6 Å². The van der Waals surface area contributed by atoms with Crippen LogP contribution in [-0.2, 0) is 11.8 Å². The van der Waals surface area contributed by atoms with E-state index < -0.39 is 0 Å². The Morgan fingerprint density at radius 2 is 2.04 bits per heavy atom. The molecule has 1 N–H and O–H groups in total. The van der Waals surface area contributed by atoms with Crippen LogP contribution < -0.4 is 5.32 Å². The first-order valence-electron chi connectivity index (χ1n) is 7.21. The molecule has 0 saturated heterocycles. The number of anilines is 1. The Morgan fingerprint density at radius 1 is 1.25 bits per heavy atom. The topological polar surface area (TPSA) is 89.8 Å². The fourth-order valence-corrected chi connectivity index (χ4v) is 3.04. The quantitative estimate of drug-likeness (QED) is 0.435. The van der Waals surface area contributed by atoms with Crippen LogP contribution >= 0.6 is 11.8 Å². The number of thioether (sulfide) groups is 1. The molecule has 3 aromatic rings. The second kappa shape index (κ2) is 6.79. The lowest BCUT2D eigenvalue weighted by molar-refractivity contribution is -0.113. The van der Waals surface area contributed by atoms with E-state index in [-0.39, 0.29) is 17.4 Å². The Balaban J connectivity index is 1.71. The van der Waals surface area contributed by atoms with E-state index in [1.54, 1.807) is 42.2 Å². The van der Waals surface area contributed by atoms with E-state index in [9.17, 15) is 9.59 Å². The first-order chi connectivity index (χ1) is 11.6. The van der Waals surface area contributed by atoms with Gasteiger partial charge in [-0.1, -0.05) is 23.9 Å². The lowest BCUT2D eigenvalue weighted by Crippen LogP contribution is -2.16. The van der Waals surface area contributed by atoms with Crippen LogP contribution in [-0.4, -0.2) is 37.2 Å². The minimum atomic E-state index is -0.204. The average Bonchev–Trinajstić information content (AvgIpc) is 2.95. The summed E-state index contributed by atoms with van der Waals surface area (Å²) >= 11 is 1.30. The SMILES string of the molecule is CC(=O)c1ccccc1NC(=O)CSc1ncnc2c1cnn2C. The van der Waals surface area contributed by atoms with E-state index in [0.29, 0.717) is 16.3 Å². The van der Waals surface area contributed by atoms with Crippen molar-refractivity contribution in [2.24, 2.45) is 7.05 Å². The van der Waals surface area contributed by atoms with Crippen LogP contribution in [0, 0.1) is 0 Å². The highest BCUT2D eigenvalue weighted by molar-refractivity contribution is 8.00. The summed E-state index contributed by atoms with van der Waals surface area (Å²) in [5, 5.41) is 8.42. The number of nitrogens with zero attached hydrogens (tertiary/aromatic N) is 4. The van der Waals surface area contributed by atoms with Gasteiger partial charge in [0.05, 0.1) is 23.0 Å². The van der Waals surface area contributed by atoms with Crippen LogP contribution in [0.1, 0.15) is 17.3 Å². The maximum absolute atomic E-state index is 12.2. The summed E-state index contributed by atoms with van der Waals surface area (Å²) in [6.45, 7) is 1.47. The molecule has 0 aliphatic carbocycles. The minimum absolute atomic E-state index is 0.0913. The molecule has 0 aliphatic rings. The summed E-state index contributed by atoms with van der Waals surface area (Å²) in [4.78, 5) is 32.2. The minimum Gasteiger partial charge on any atom is -0.325 e. The Bertz CT molecular complexity index is 922. The summed E-state index contributed by atoms with van der Waals surface area (Å²) in [6, 6.07) is 6.94. The molecule has 2 heterocycles. The number of carbonyl (C=O) groups excluding carboxylic acids is 2. The highest BCUT2D eigenvalue weighted by atomic mass is 32.2. The van der Waals surface area contributed by atoms with Crippen LogP contribution in [0.15, 0.2) is 41.8 Å². The Labute approximate surface area is 142 Å². The number of ketones is 1. The number of fused-ring (bicyclic) bond motifs is 1. The van der Waals surface area contributed by atoms with Crippen molar-refractivity contribution in [3.05, 3.63) is 42.4 Å². The standard InChI is InChI=1S/C16H15N5O2S/c1-10(22)11-5-3-4-6-13(11)20-14(23)8-24-16-12-7-19-21(2)15(12)17-9-18-16/h3-7,9H,8H2,1-2H3,(H,20,23). The molecule has 8 heteroatoms. The molecule has 0 fully saturated rings. The maximum atomic E-state index is 12.2. The van der Waals surface area contributed by atoms with E-state index in [2.05, 4.69) is 20.4 Å². The summed E-state index contributed by atoms with van der Waals surface area (Å²) in [6.07, 6.45) is 3.13. The first kappa shape index (κ1) is 16.1. The predicted octanol–water partition coefficient (Wildman–Crippen LogP) is 2.30. The molecular formula is C16H15N5O2S. The number of hydrogen-bond acceptors (Lipinski definition) is 6. The maximum Gasteiger partial charge on any atom is 0.234 e. The van der Waals surface area contributed by atoms with Crippen LogP contribution in [0.5, 0.6) is 0 Å². The van der Waals surface area contributed by atoms with E-state index in [0.717, 1.165) is 11.0 Å². The Hall–Kier alpha value is -2.74. The predicted molar refractivity (Wildman–Crippen MR) is 92.1 cm³/mol. The number of nitrogens with one attached hydrogen (secondary N) is 1. The van der Waals surface area contributed by atoms with E-state index >= 15 is 0 Å². The molecule has 7 nitrogen and oxygen atoms in total. The number of amides is 1. The third-order valence-electron chi connectivity index (χ3n) is 3.41. The van der Waals surface area contributed by atoms with Gasteiger partial charge in [-0.3, -0.25) is 14.3 Å². The van der Waals surface area contributed by atoms with E-state index in [1.807, 2.05) is 0 Å². The molecule has 3 rings (SSSR count). The monoisotopic (exact) mass is 341 g/mol. The van der Waals surface area contributed by atoms with Crippen molar-refractivity contribution in [3.8, 4) is 0 Å². The van der Waals surface area contributed by atoms with Gasteiger partial charge in [0.25, 0.3) is 0 Å². The molecule has 24 heavy (non-hydrogen) atoms. The van der Waals surface area contributed by atoms with Crippen LogP contribution in [0.4, 0.5) is 5.69 Å². The second-order valence-electron chi connectivity index (χ2n) is 5.12. The van der Waals surface area contributed by atoms with Crippen LogP contribution in [0.25, 0.3) is 11.0 Å². The largest absolute Gasteiger partial charge is 0.325 e. The van der Waals surface area contributed by atoms with Gasteiger partial charge >= 0.3 is 0 Å². The van der Waals surface area contributed by atoms with Crippen molar-refractivity contribution >= 4 is 40.2 Å². The molecule has 0 radical (unpaired) electrons. The summed E-state index contributed by atoms with van der Waals surface area (Å²) in [7, 11) is 1.80. The zero-order valence-electron chi connectivity index (χ0n) is 13.2. The number of carbonyl (C=O) groups is 2. The molecule has 0 atom stereocenters. The van der Waals surface area contributed by atoms with Crippen molar-refractivity contribution in [3.63, 3.8) is 0 Å². The zero-order chi connectivity index (χ0) is 17.1. The van der Waals surface area contributed by atoms with Crippen molar-refractivity contribution in [2.75, 3.05) is 11.1 Å². The smallest absolute Gasteiger partial charge is 0.234 e. The van der Waals surface area contributed by atoms with Crippen molar-refractivity contribution in [1.29, 1.82) is 0 Å². The third-order valence-corrected chi connectivity index (χ3v) is 4.42. The van der Waals surface area contributed by atoms with Crippen molar-refractivity contribution in [2.45, 2.75) is 11.9 Å². The molecule has 0 unspecified atom stereocenters. The molecular weight excluding hydrogens is 326 g/mol. The molecule has 0 aliphatic heterocycles. The fourth-order valence-electron chi connectivity index (χ4n) is 2.27. The van der Waals surface area contributed by atoms with E-state index in [1.165, 1.54) is 25.0 Å². The lowest BCUT2D eigenvalue weighted by Gasteiger charge is -2.08. The molecule has 0 spiro atoms. The molecule has 1 aromatic carbocycles. The number of benzene rings is 1. The van der Waals surface area contributed by atoms with Gasteiger partial charge in [0.1, 0.15) is 11.4 Å². The summed E-state index contributed by atoms with van der Waals surface area (Å²) in [5.74, 6) is -0.122. The molecule has 0 bridgehead atoms. The van der Waals surface area contributed by atoms with Gasteiger partial charge in [0.2, 0.25) is 5.91 Å². The third kappa shape index (κ3) is 3.28. The normalized spacial score (nSPS) is 10.8. The lowest BCUT2D eigenvalue weighted by atomic mass is 10.1. The summed E-state index contributed by atoms with van der Waals surface area (Å²) in [5.41, 5.74) is 1.73. The van der Waals surface area contributed by atoms with Gasteiger partial charge in [0.15, 0.2) is 11.4 Å². The van der Waals surface area contributed by atoms with Crippen LogP contribution in [0.2, 0.25) is 0 Å². The van der Waals surface area contributed by atoms with Gasteiger partial charge in [-0.05, 0) is 19.1 Å². The number of hydrogen-bond donors (Lipinski definition) is 1. The molecule has 2 aromatic heterocycles. The number of aromatic nitrogens is 4. The molecule has 0 saturated carbocycles. The van der Waals surface area contributed by atoms with Crippen molar-refractivity contribution < 1.29 is 9.59 Å². The van der Waals surface area contributed by atoms with E-state index in [4.69, 9.17) is 0 Å². The van der Waals surface area contributed by atoms with Crippen molar-refractivity contribution in [1.82, 2.24) is 19.7 Å². The van der Waals surface area contributed by atoms with Gasteiger partial charge in [-0.15, -0.1) is 0 Å². The zero-order valence-corrected chi connectivity index (χ0v) is 14.0. The Morgan fingerprint density at radius 3 is 2.83 bits per heavy atom. The Kier molecular flexibility index (Phi) is 4.57. The van der Waals surface area contributed by atoms with Crippen LogP contribution in [0.3, 0.4) is 0 Å². The number of para-hydroxylation sites is 1. The number of Topliss-reactive ketones (excluding diaryl/α,β-unsaturated/α-hetero) is 1.